The van der Waals surface area contributed by atoms with Gasteiger partial charge in [0.15, 0.2) is 17.9 Å². The van der Waals surface area contributed by atoms with Gasteiger partial charge in [0.2, 0.25) is 41.4 Å². The van der Waals surface area contributed by atoms with Crippen LogP contribution in [0.25, 0.3) is 0 Å². The number of urea groups is 1. The van der Waals surface area contributed by atoms with Crippen molar-refractivity contribution < 1.29 is 58.5 Å². The van der Waals surface area contributed by atoms with Crippen LogP contribution in [0, 0.1) is 5.92 Å². The number of carbonyl (C=O) groups excluding carboxylic acids is 8. The summed E-state index contributed by atoms with van der Waals surface area (Å²) in [6, 6.07) is 2.58. The molecule has 30 nitrogen and oxygen atoms in total. The molecule has 25 N–H and O–H groups in total. The lowest BCUT2D eigenvalue weighted by Gasteiger charge is -2.28. The lowest BCUT2D eigenvalue weighted by Crippen LogP contribution is -2.60. The van der Waals surface area contributed by atoms with Crippen LogP contribution in [0.4, 0.5) is 4.79 Å². The highest BCUT2D eigenvalue weighted by Crippen LogP contribution is 2.15. The molecule has 2 rings (SSSR count). The maximum atomic E-state index is 14.5. The van der Waals surface area contributed by atoms with Crippen molar-refractivity contribution in [3.63, 3.8) is 0 Å². The van der Waals surface area contributed by atoms with E-state index < -0.39 is 102 Å². The van der Waals surface area contributed by atoms with E-state index in [4.69, 9.17) is 45.2 Å². The molecule has 0 aliphatic carbocycles. The number of amides is 9. The Morgan fingerprint density at radius 1 is 0.512 bits per heavy atom. The molecule has 0 fully saturated rings. The van der Waals surface area contributed by atoms with Gasteiger partial charge < -0.3 is 92.7 Å². The first-order chi connectivity index (χ1) is 37.9. The van der Waals surface area contributed by atoms with Crippen LogP contribution in [0.3, 0.4) is 0 Å². The van der Waals surface area contributed by atoms with E-state index in [1.807, 2.05) is 0 Å². The molecule has 0 aliphatic rings. The molecule has 30 heteroatoms. The van der Waals surface area contributed by atoms with Crippen LogP contribution in [0.15, 0.2) is 63.5 Å². The third-order valence-corrected chi connectivity index (χ3v) is 11.6. The van der Waals surface area contributed by atoms with E-state index in [0.717, 1.165) is 0 Å². The third-order valence-electron chi connectivity index (χ3n) is 11.6. The zero-order chi connectivity index (χ0) is 59.7. The normalized spacial score (nSPS) is 13.3. The van der Waals surface area contributed by atoms with Crippen molar-refractivity contribution >= 4 is 71.2 Å². The Morgan fingerprint density at radius 2 is 0.912 bits per heavy atom. The van der Waals surface area contributed by atoms with Crippen molar-refractivity contribution in [1.82, 2.24) is 42.5 Å². The standard InChI is InChI=1S/C50H80N18O12/c1-28(2)25-37(45(78)63-34(9-5-23-60-49(57)68-50(80)61-24-6-20-51)43(76)65-36(41(52)74)26-29-10-14-31(69)15-11-29)66-44(77)35(8-4-22-59-48(55)56)64-46(79)38(27-30-12-16-32(70)17-13-30)67-42(75)33(7-3-21-58-47(53)54)62-39(71)18-19-40(72)73/h10-17,28,33-38,69-70H,3-9,18-27,51H2,1-2H3,(H2,52,74)(H,62,71)(H,63,78)(H,64,79)(H,65,76)(H,66,77)(H,67,75)(H,72,73)(H4,53,54,58)(H4,55,56,59)(H4,57,60,61,68,80)/t33-,34-,35-,36-,37-,38-/m0/s1. The van der Waals surface area contributed by atoms with E-state index in [-0.39, 0.29) is 119 Å². The van der Waals surface area contributed by atoms with E-state index >= 15 is 0 Å². The lowest BCUT2D eigenvalue weighted by molar-refractivity contribution is -0.139. The van der Waals surface area contributed by atoms with Gasteiger partial charge in [-0.1, -0.05) is 38.1 Å². The van der Waals surface area contributed by atoms with E-state index in [0.29, 0.717) is 24.1 Å². The number of carboxylic acid groups (broad SMARTS) is 1. The second-order valence-corrected chi connectivity index (χ2v) is 18.9. The minimum atomic E-state index is -1.47. The fourth-order valence-electron chi connectivity index (χ4n) is 7.53. The van der Waals surface area contributed by atoms with Gasteiger partial charge in [0, 0.05) is 45.4 Å². The molecular formula is C50H80N18O12. The number of hydrogen-bond acceptors (Lipinski definition) is 15. The number of rotatable bonds is 36. The van der Waals surface area contributed by atoms with Gasteiger partial charge in [-0.15, -0.1) is 0 Å². The van der Waals surface area contributed by atoms with Gasteiger partial charge >= 0.3 is 12.0 Å². The van der Waals surface area contributed by atoms with E-state index in [1.165, 1.54) is 48.5 Å². The Kier molecular flexibility index (Phi) is 30.4. The summed E-state index contributed by atoms with van der Waals surface area (Å²) in [6.07, 6.45) is -0.774. The average Bonchev–Trinajstić information content (AvgIpc) is 3.38. The minimum absolute atomic E-state index is 0.00173. The fraction of sp³-hybridized carbons (Fsp3) is 0.520. The minimum Gasteiger partial charge on any atom is -0.508 e. The molecule has 0 aromatic heterocycles. The Bertz CT molecular complexity index is 2450. The number of carboxylic acids is 1. The largest absolute Gasteiger partial charge is 0.508 e. The van der Waals surface area contributed by atoms with Crippen molar-refractivity contribution in [1.29, 1.82) is 0 Å². The lowest BCUT2D eigenvalue weighted by atomic mass is 10.00. The van der Waals surface area contributed by atoms with Crippen molar-refractivity contribution in [2.75, 3.05) is 32.7 Å². The van der Waals surface area contributed by atoms with Crippen LogP contribution in [0.2, 0.25) is 0 Å². The number of nitrogens with two attached hydrogens (primary N) is 7. The summed E-state index contributed by atoms with van der Waals surface area (Å²) in [7, 11) is 0. The molecule has 9 amide bonds. The van der Waals surface area contributed by atoms with Crippen LogP contribution < -0.4 is 82.7 Å². The summed E-state index contributed by atoms with van der Waals surface area (Å²) < 4.78 is 0. The number of nitrogens with zero attached hydrogens (tertiary/aromatic N) is 3. The summed E-state index contributed by atoms with van der Waals surface area (Å²) >= 11 is 0. The molecule has 0 heterocycles. The number of phenolic OH excluding ortho intramolecular Hbond substituents is 2. The number of aromatic hydroxyl groups is 2. The predicted molar refractivity (Wildman–Crippen MR) is 296 cm³/mol. The van der Waals surface area contributed by atoms with Crippen molar-refractivity contribution in [2.45, 2.75) is 127 Å². The zero-order valence-corrected chi connectivity index (χ0v) is 45.1. The Hall–Kier alpha value is -8.96. The molecule has 0 bridgehead atoms. The number of hydrogen-bond donors (Lipinski definition) is 18. The summed E-state index contributed by atoms with van der Waals surface area (Å²) in [6.45, 7) is 4.16. The first kappa shape index (κ1) is 67.2. The number of guanidine groups is 3. The van der Waals surface area contributed by atoms with Crippen LogP contribution in [-0.2, 0) is 51.2 Å². The van der Waals surface area contributed by atoms with Crippen LogP contribution >= 0.6 is 0 Å². The quantitative estimate of drug-likeness (QED) is 0.0176. The smallest absolute Gasteiger partial charge is 0.321 e. The van der Waals surface area contributed by atoms with Gasteiger partial charge in [0.1, 0.15) is 47.8 Å². The topological polar surface area (TPSA) is 530 Å². The van der Waals surface area contributed by atoms with Crippen molar-refractivity contribution in [3.05, 3.63) is 59.7 Å². The van der Waals surface area contributed by atoms with E-state index in [9.17, 15) is 53.4 Å². The van der Waals surface area contributed by atoms with Crippen molar-refractivity contribution in [3.8, 4) is 11.5 Å². The molecule has 0 saturated heterocycles. The van der Waals surface area contributed by atoms with Gasteiger partial charge in [-0.2, -0.15) is 0 Å². The third kappa shape index (κ3) is 28.4. The number of aliphatic imine (C=N–C) groups is 3. The Labute approximate surface area is 463 Å². The molecule has 80 heavy (non-hydrogen) atoms. The second kappa shape index (κ2) is 36.2. The molecule has 0 unspecified atom stereocenters. The molecular weight excluding hydrogens is 1040 g/mol. The molecule has 6 atom stereocenters. The maximum Gasteiger partial charge on any atom is 0.321 e. The van der Waals surface area contributed by atoms with Crippen LogP contribution in [-0.4, -0.2) is 156 Å². The number of carbonyl (C=O) groups is 9. The number of phenols is 2. The van der Waals surface area contributed by atoms with Gasteiger partial charge in [-0.05, 0) is 99.2 Å². The fourth-order valence-corrected chi connectivity index (χ4v) is 7.53. The van der Waals surface area contributed by atoms with Crippen molar-refractivity contribution in [2.24, 2.45) is 61.0 Å². The Balaban J connectivity index is 2.55. The number of aliphatic carboxylic acids is 1. The number of nitrogens with one attached hydrogen (secondary N) is 8. The highest BCUT2D eigenvalue weighted by Gasteiger charge is 2.34. The van der Waals surface area contributed by atoms with E-state index in [2.05, 4.69) is 57.5 Å². The highest BCUT2D eigenvalue weighted by atomic mass is 16.4. The molecule has 0 aliphatic heterocycles. The molecule has 0 spiro atoms. The molecule has 2 aromatic rings. The predicted octanol–water partition coefficient (Wildman–Crippen LogP) is -3.96. The monoisotopic (exact) mass is 1120 g/mol. The maximum absolute atomic E-state index is 14.5. The van der Waals surface area contributed by atoms with Gasteiger partial charge in [-0.3, -0.25) is 58.7 Å². The average molecular weight is 1130 g/mol. The molecule has 442 valence electrons. The van der Waals surface area contributed by atoms with Gasteiger partial charge in [-0.25, -0.2) is 4.79 Å². The molecule has 0 saturated carbocycles. The molecule has 0 radical (unpaired) electrons. The SMILES string of the molecule is CC(C)C[C@H](NC(=O)[C@H](CCCN=C(N)N)NC(=O)[C@H](Cc1ccc(O)cc1)NC(=O)[C@H](CCCN=C(N)N)NC(=O)CCC(=O)O)C(=O)N[C@@H](CCCN=C(N)NC(=O)NCCCN)C(=O)N[C@@H](Cc1ccc(O)cc1)C(N)=O. The second-order valence-electron chi connectivity index (χ2n) is 18.9. The summed E-state index contributed by atoms with van der Waals surface area (Å²) in [5.74, 6) is -8.41. The van der Waals surface area contributed by atoms with Crippen LogP contribution in [0.5, 0.6) is 11.5 Å². The summed E-state index contributed by atoms with van der Waals surface area (Å²) in [4.78, 5) is 132. The first-order valence-electron chi connectivity index (χ1n) is 25.9. The highest BCUT2D eigenvalue weighted by molar-refractivity contribution is 5.98. The number of primary amides is 1. The zero-order valence-electron chi connectivity index (χ0n) is 45.1. The van der Waals surface area contributed by atoms with Gasteiger partial charge in [0.25, 0.3) is 0 Å². The first-order valence-corrected chi connectivity index (χ1v) is 25.9. The molecule has 2 aromatic carbocycles. The summed E-state index contributed by atoms with van der Waals surface area (Å²) in [5.41, 5.74) is 40.0. The number of benzene rings is 2. The summed E-state index contributed by atoms with van der Waals surface area (Å²) in [5, 5.41) is 49.6. The van der Waals surface area contributed by atoms with Crippen LogP contribution in [0.1, 0.15) is 89.2 Å². The Morgan fingerprint density at radius 3 is 1.35 bits per heavy atom. The van der Waals surface area contributed by atoms with Gasteiger partial charge in [0.05, 0.1) is 6.42 Å². The van der Waals surface area contributed by atoms with E-state index in [1.54, 1.807) is 13.8 Å².